The molecule has 0 fully saturated rings. The van der Waals surface area contributed by atoms with Gasteiger partial charge in [-0.15, -0.1) is 6.58 Å². The van der Waals surface area contributed by atoms with Crippen LogP contribution in [0.15, 0.2) is 41.3 Å². The van der Waals surface area contributed by atoms with E-state index in [4.69, 9.17) is 9.47 Å². The van der Waals surface area contributed by atoms with Crippen LogP contribution in [-0.2, 0) is 14.8 Å². The van der Waals surface area contributed by atoms with Gasteiger partial charge in [0.15, 0.2) is 16.4 Å². The standard InChI is InChI=1S/C23H30N2O5S/c1-5-13-25-19-15-21(30-4)20(29-3)14-18(19)16(2)22(31(25,27)28)23(26)24-12-11-17-9-7-6-8-10-17/h5,9,14-15H,1,6-8,10-13H2,2-4H3,(H,24,26). The van der Waals surface area contributed by atoms with Crippen molar-refractivity contribution in [2.24, 2.45) is 0 Å². The molecule has 1 amide bonds. The van der Waals surface area contributed by atoms with Gasteiger partial charge in [0.05, 0.1) is 26.5 Å². The number of methoxy groups -OCH3 is 2. The Bertz CT molecular complexity index is 1040. The number of hydrogen-bond acceptors (Lipinski definition) is 5. The van der Waals surface area contributed by atoms with Crippen molar-refractivity contribution in [3.8, 4) is 11.5 Å². The number of benzene rings is 1. The van der Waals surface area contributed by atoms with Gasteiger partial charge in [0.25, 0.3) is 15.9 Å². The largest absolute Gasteiger partial charge is 0.493 e. The normalized spacial score (nSPS) is 17.5. The molecule has 1 aromatic carbocycles. The highest BCUT2D eigenvalue weighted by Crippen LogP contribution is 2.44. The first kappa shape index (κ1) is 22.9. The number of sulfonamides is 1. The number of nitrogens with one attached hydrogen (secondary N) is 1. The lowest BCUT2D eigenvalue weighted by molar-refractivity contribution is -0.116. The summed E-state index contributed by atoms with van der Waals surface area (Å²) in [6.07, 6.45) is 8.92. The van der Waals surface area contributed by atoms with Crippen molar-refractivity contribution < 1.29 is 22.7 Å². The summed E-state index contributed by atoms with van der Waals surface area (Å²) >= 11 is 0. The number of rotatable bonds is 8. The molecule has 0 spiro atoms. The van der Waals surface area contributed by atoms with Crippen LogP contribution < -0.4 is 19.1 Å². The molecule has 0 atom stereocenters. The highest BCUT2D eigenvalue weighted by Gasteiger charge is 2.39. The monoisotopic (exact) mass is 446 g/mol. The molecule has 7 nitrogen and oxygen atoms in total. The molecule has 1 aliphatic carbocycles. The average Bonchev–Trinajstić information content (AvgIpc) is 2.76. The van der Waals surface area contributed by atoms with Crippen LogP contribution in [0.4, 0.5) is 5.69 Å². The smallest absolute Gasteiger partial charge is 0.270 e. The minimum atomic E-state index is -4.07. The summed E-state index contributed by atoms with van der Waals surface area (Å²) in [7, 11) is -1.07. The fourth-order valence-electron chi connectivity index (χ4n) is 4.08. The first-order valence-electron chi connectivity index (χ1n) is 10.4. The molecule has 0 radical (unpaired) electrons. The Labute approximate surface area is 184 Å². The molecule has 1 N–H and O–H groups in total. The molecular formula is C23H30N2O5S. The van der Waals surface area contributed by atoms with E-state index < -0.39 is 15.9 Å². The molecule has 3 rings (SSSR count). The van der Waals surface area contributed by atoms with E-state index >= 15 is 0 Å². The van der Waals surface area contributed by atoms with E-state index in [0.29, 0.717) is 34.9 Å². The van der Waals surface area contributed by atoms with Crippen LogP contribution in [0.2, 0.25) is 0 Å². The third-order valence-corrected chi connectivity index (χ3v) is 7.61. The Morgan fingerprint density at radius 1 is 1.23 bits per heavy atom. The molecule has 1 aromatic rings. The van der Waals surface area contributed by atoms with E-state index in [1.807, 2.05) is 0 Å². The minimum Gasteiger partial charge on any atom is -0.493 e. The van der Waals surface area contributed by atoms with Crippen molar-refractivity contribution in [1.29, 1.82) is 0 Å². The second kappa shape index (κ2) is 9.60. The molecule has 0 aromatic heterocycles. The second-order valence-electron chi connectivity index (χ2n) is 7.62. The van der Waals surface area contributed by atoms with Crippen molar-refractivity contribution >= 4 is 27.2 Å². The topological polar surface area (TPSA) is 84.9 Å². The van der Waals surface area contributed by atoms with Gasteiger partial charge < -0.3 is 14.8 Å². The predicted molar refractivity (Wildman–Crippen MR) is 123 cm³/mol. The van der Waals surface area contributed by atoms with Crippen molar-refractivity contribution in [2.45, 2.75) is 39.0 Å². The first-order valence-corrected chi connectivity index (χ1v) is 11.9. The Kier molecular flexibility index (Phi) is 7.10. The maximum Gasteiger partial charge on any atom is 0.270 e. The van der Waals surface area contributed by atoms with Gasteiger partial charge in [0.2, 0.25) is 0 Å². The van der Waals surface area contributed by atoms with Crippen LogP contribution in [0.1, 0.15) is 44.6 Å². The SMILES string of the molecule is C=CCN1c2cc(OC)c(OC)cc2C(C)=C(C(=O)NCCC2=CCCCC2)S1(=O)=O. The third kappa shape index (κ3) is 4.49. The van der Waals surface area contributed by atoms with Gasteiger partial charge in [-0.3, -0.25) is 9.10 Å². The maximum atomic E-state index is 13.4. The molecule has 0 bridgehead atoms. The number of carbonyl (C=O) groups excluding carboxylic acids is 1. The molecule has 0 saturated carbocycles. The average molecular weight is 447 g/mol. The van der Waals surface area contributed by atoms with E-state index in [2.05, 4.69) is 18.0 Å². The molecule has 0 saturated heterocycles. The summed E-state index contributed by atoms with van der Waals surface area (Å²) in [6.45, 7) is 5.75. The van der Waals surface area contributed by atoms with Crippen LogP contribution in [0.5, 0.6) is 11.5 Å². The van der Waals surface area contributed by atoms with Crippen molar-refractivity contribution in [2.75, 3.05) is 31.6 Å². The molecular weight excluding hydrogens is 416 g/mol. The lowest BCUT2D eigenvalue weighted by Gasteiger charge is -2.32. The fourth-order valence-corrected chi connectivity index (χ4v) is 5.82. The fraction of sp³-hybridized carbons (Fsp3) is 0.435. The number of amides is 1. The van der Waals surface area contributed by atoms with Crippen molar-refractivity contribution in [3.63, 3.8) is 0 Å². The van der Waals surface area contributed by atoms with Gasteiger partial charge in [0.1, 0.15) is 0 Å². The molecule has 168 valence electrons. The van der Waals surface area contributed by atoms with Crippen molar-refractivity contribution in [1.82, 2.24) is 5.32 Å². The molecule has 31 heavy (non-hydrogen) atoms. The van der Waals surface area contributed by atoms with Gasteiger partial charge in [-0.2, -0.15) is 0 Å². The van der Waals surface area contributed by atoms with E-state index in [1.165, 1.54) is 36.6 Å². The van der Waals surface area contributed by atoms with E-state index in [-0.39, 0.29) is 11.4 Å². The van der Waals surface area contributed by atoms with Crippen molar-refractivity contribution in [3.05, 3.63) is 46.9 Å². The maximum absolute atomic E-state index is 13.4. The number of hydrogen-bond donors (Lipinski definition) is 1. The quantitative estimate of drug-likeness (QED) is 0.615. The van der Waals surface area contributed by atoms with Crippen LogP contribution >= 0.6 is 0 Å². The minimum absolute atomic E-state index is 0.0295. The zero-order chi connectivity index (χ0) is 22.6. The summed E-state index contributed by atoms with van der Waals surface area (Å²) < 4.78 is 38.7. The van der Waals surface area contributed by atoms with E-state index in [0.717, 1.165) is 25.7 Å². The molecule has 8 heteroatoms. The Morgan fingerprint density at radius 3 is 2.55 bits per heavy atom. The summed E-state index contributed by atoms with van der Waals surface area (Å²) in [5.74, 6) is 0.276. The number of nitrogens with zero attached hydrogens (tertiary/aromatic N) is 1. The number of fused-ring (bicyclic) bond motifs is 1. The van der Waals surface area contributed by atoms with Gasteiger partial charge in [-0.1, -0.05) is 17.7 Å². The van der Waals surface area contributed by atoms with Gasteiger partial charge in [0, 0.05) is 18.2 Å². The molecule has 1 heterocycles. The second-order valence-corrected chi connectivity index (χ2v) is 9.42. The summed E-state index contributed by atoms with van der Waals surface area (Å²) in [4.78, 5) is 12.8. The van der Waals surface area contributed by atoms with Gasteiger partial charge >= 0.3 is 0 Å². The summed E-state index contributed by atoms with van der Waals surface area (Å²) in [6, 6.07) is 3.32. The Morgan fingerprint density at radius 2 is 1.94 bits per heavy atom. The molecule has 1 aliphatic heterocycles. The van der Waals surface area contributed by atoms with Crippen LogP contribution in [0.3, 0.4) is 0 Å². The predicted octanol–water partition coefficient (Wildman–Crippen LogP) is 3.78. The van der Waals surface area contributed by atoms with Crippen LogP contribution in [0.25, 0.3) is 5.57 Å². The van der Waals surface area contributed by atoms with Gasteiger partial charge in [-0.05, 0) is 50.7 Å². The number of allylic oxidation sites excluding steroid dienone is 2. The van der Waals surface area contributed by atoms with Crippen LogP contribution in [0, 0.1) is 0 Å². The molecule has 2 aliphatic rings. The zero-order valence-corrected chi connectivity index (χ0v) is 19.2. The lowest BCUT2D eigenvalue weighted by Crippen LogP contribution is -2.41. The van der Waals surface area contributed by atoms with E-state index in [1.54, 1.807) is 19.1 Å². The summed E-state index contributed by atoms with van der Waals surface area (Å²) in [5.41, 5.74) is 2.73. The highest BCUT2D eigenvalue weighted by molar-refractivity contribution is 7.97. The molecule has 0 unspecified atom stereocenters. The van der Waals surface area contributed by atoms with Crippen LogP contribution in [-0.4, -0.2) is 41.6 Å². The number of carbonyl (C=O) groups is 1. The lowest BCUT2D eigenvalue weighted by atomic mass is 9.97. The highest BCUT2D eigenvalue weighted by atomic mass is 32.2. The zero-order valence-electron chi connectivity index (χ0n) is 18.4. The third-order valence-electron chi connectivity index (χ3n) is 5.68. The Balaban J connectivity index is 1.98. The van der Waals surface area contributed by atoms with E-state index in [9.17, 15) is 13.2 Å². The van der Waals surface area contributed by atoms with Gasteiger partial charge in [-0.25, -0.2) is 8.42 Å². The Hall–Kier alpha value is -2.74. The summed E-state index contributed by atoms with van der Waals surface area (Å²) in [5, 5.41) is 2.81. The first-order chi connectivity index (χ1) is 14.8. The number of ether oxygens (including phenoxy) is 2. The number of anilines is 1.